The van der Waals surface area contributed by atoms with Gasteiger partial charge in [-0.15, -0.1) is 0 Å². The summed E-state index contributed by atoms with van der Waals surface area (Å²) >= 11 is 0. The minimum Gasteiger partial charge on any atom is -0.443 e. The second-order valence-electron chi connectivity index (χ2n) is 5.92. The van der Waals surface area contributed by atoms with E-state index in [9.17, 15) is 9.59 Å². The first-order valence-corrected chi connectivity index (χ1v) is 6.71. The van der Waals surface area contributed by atoms with Crippen molar-refractivity contribution in [2.24, 2.45) is 0 Å². The summed E-state index contributed by atoms with van der Waals surface area (Å²) in [4.78, 5) is 23.3. The van der Waals surface area contributed by atoms with Crippen LogP contribution in [0.15, 0.2) is 24.3 Å². The lowest BCUT2D eigenvalue weighted by molar-refractivity contribution is -0.131. The van der Waals surface area contributed by atoms with Gasteiger partial charge in [0, 0.05) is 18.0 Å². The number of esters is 1. The molecule has 0 saturated carbocycles. The average Bonchev–Trinajstić information content (AvgIpc) is 2.60. The van der Waals surface area contributed by atoms with Gasteiger partial charge in [-0.05, 0) is 52.0 Å². The molecule has 5 nitrogen and oxygen atoms in total. The molecule has 2 aromatic rings. The highest BCUT2D eigenvalue weighted by Crippen LogP contribution is 2.25. The van der Waals surface area contributed by atoms with Gasteiger partial charge in [0.2, 0.25) is 0 Å². The number of ether oxygens (including phenoxy) is 2. The number of fused-ring (bicyclic) bond motifs is 1. The summed E-state index contributed by atoms with van der Waals surface area (Å²) in [5.74, 6) is 0.0778. The Hall–Kier alpha value is -2.30. The third-order valence-corrected chi connectivity index (χ3v) is 2.79. The molecule has 1 heterocycles. The molecule has 0 bridgehead atoms. The van der Waals surface area contributed by atoms with Crippen LogP contribution in [0.25, 0.3) is 10.9 Å². The number of hydrogen-bond acceptors (Lipinski definition) is 4. The molecule has 0 amide bonds. The summed E-state index contributed by atoms with van der Waals surface area (Å²) in [6, 6.07) is 6.98. The lowest BCUT2D eigenvalue weighted by atomic mass is 10.2. The molecule has 112 valence electrons. The van der Waals surface area contributed by atoms with Crippen LogP contribution >= 0.6 is 0 Å². The molecule has 0 spiro atoms. The Balaban J connectivity index is 2.44. The van der Waals surface area contributed by atoms with Crippen LogP contribution in [0.3, 0.4) is 0 Å². The monoisotopic (exact) mass is 289 g/mol. The van der Waals surface area contributed by atoms with E-state index in [1.807, 2.05) is 33.8 Å². The first-order chi connectivity index (χ1) is 9.67. The van der Waals surface area contributed by atoms with Crippen LogP contribution in [0.5, 0.6) is 5.75 Å². The van der Waals surface area contributed by atoms with Gasteiger partial charge in [-0.1, -0.05) is 0 Å². The number of benzene rings is 1. The van der Waals surface area contributed by atoms with E-state index in [4.69, 9.17) is 9.47 Å². The minimum absolute atomic E-state index is 0.377. The molecule has 0 aliphatic rings. The Morgan fingerprint density at radius 3 is 2.38 bits per heavy atom. The van der Waals surface area contributed by atoms with Crippen LogP contribution in [0, 0.1) is 6.92 Å². The highest BCUT2D eigenvalue weighted by Gasteiger charge is 2.21. The third kappa shape index (κ3) is 3.42. The Morgan fingerprint density at radius 1 is 1.14 bits per heavy atom. The van der Waals surface area contributed by atoms with E-state index in [0.717, 1.165) is 16.6 Å². The predicted molar refractivity (Wildman–Crippen MR) is 79.6 cm³/mol. The van der Waals surface area contributed by atoms with E-state index >= 15 is 0 Å². The van der Waals surface area contributed by atoms with E-state index in [1.54, 1.807) is 18.2 Å². The fourth-order valence-electron chi connectivity index (χ4n) is 2.11. The zero-order chi connectivity index (χ0) is 15.8. The van der Waals surface area contributed by atoms with Crippen LogP contribution in [0.2, 0.25) is 0 Å². The second-order valence-corrected chi connectivity index (χ2v) is 5.92. The van der Waals surface area contributed by atoms with E-state index in [2.05, 4.69) is 0 Å². The summed E-state index contributed by atoms with van der Waals surface area (Å²) in [6.45, 7) is 8.65. The van der Waals surface area contributed by atoms with Gasteiger partial charge in [0.25, 0.3) is 0 Å². The molecular weight excluding hydrogens is 270 g/mol. The molecule has 1 aromatic heterocycles. The van der Waals surface area contributed by atoms with Crippen molar-refractivity contribution in [1.82, 2.24) is 4.57 Å². The maximum atomic E-state index is 12.3. The minimum atomic E-state index is -0.558. The molecule has 0 unspecified atom stereocenters. The van der Waals surface area contributed by atoms with Crippen molar-refractivity contribution in [3.8, 4) is 5.75 Å². The van der Waals surface area contributed by atoms with Crippen LogP contribution in [-0.4, -0.2) is 22.2 Å². The van der Waals surface area contributed by atoms with Crippen LogP contribution in [0.4, 0.5) is 4.79 Å². The lowest BCUT2D eigenvalue weighted by Crippen LogP contribution is -2.27. The fraction of sp³-hybridized carbons (Fsp3) is 0.375. The summed E-state index contributed by atoms with van der Waals surface area (Å²) in [5.41, 5.74) is 0.925. The SMILES string of the molecule is CC(=O)Oc1ccc2c(c1)cc(C)n2C(=O)OC(C)(C)C. The van der Waals surface area contributed by atoms with Gasteiger partial charge in [0.05, 0.1) is 5.52 Å². The fourth-order valence-corrected chi connectivity index (χ4v) is 2.11. The number of aryl methyl sites for hydroxylation is 1. The van der Waals surface area contributed by atoms with Crippen LogP contribution < -0.4 is 4.74 Å². The van der Waals surface area contributed by atoms with Gasteiger partial charge in [0.15, 0.2) is 0 Å². The Labute approximate surface area is 123 Å². The highest BCUT2D eigenvalue weighted by molar-refractivity contribution is 5.92. The summed E-state index contributed by atoms with van der Waals surface area (Å²) in [6.07, 6.45) is -0.421. The van der Waals surface area contributed by atoms with Crippen molar-refractivity contribution in [2.45, 2.75) is 40.2 Å². The van der Waals surface area contributed by atoms with Gasteiger partial charge < -0.3 is 9.47 Å². The molecule has 0 fully saturated rings. The number of aromatic nitrogens is 1. The zero-order valence-electron chi connectivity index (χ0n) is 12.9. The van der Waals surface area contributed by atoms with Gasteiger partial charge in [-0.2, -0.15) is 0 Å². The van der Waals surface area contributed by atoms with Crippen LogP contribution in [0.1, 0.15) is 33.4 Å². The van der Waals surface area contributed by atoms with E-state index in [0.29, 0.717) is 5.75 Å². The number of hydrogen-bond donors (Lipinski definition) is 0. The molecule has 5 heteroatoms. The topological polar surface area (TPSA) is 57.5 Å². The highest BCUT2D eigenvalue weighted by atomic mass is 16.6. The smallest absolute Gasteiger partial charge is 0.419 e. The predicted octanol–water partition coefficient (Wildman–Crippen LogP) is 3.66. The normalized spacial score (nSPS) is 11.5. The number of rotatable bonds is 1. The Kier molecular flexibility index (Phi) is 3.77. The van der Waals surface area contributed by atoms with Gasteiger partial charge in [0.1, 0.15) is 11.4 Å². The van der Waals surface area contributed by atoms with Crippen molar-refractivity contribution in [1.29, 1.82) is 0 Å². The van der Waals surface area contributed by atoms with Gasteiger partial charge in [-0.3, -0.25) is 4.79 Å². The molecule has 21 heavy (non-hydrogen) atoms. The molecule has 0 saturated heterocycles. The number of carbonyl (C=O) groups is 2. The number of carbonyl (C=O) groups excluding carboxylic acids is 2. The zero-order valence-corrected chi connectivity index (χ0v) is 12.9. The third-order valence-electron chi connectivity index (χ3n) is 2.79. The largest absolute Gasteiger partial charge is 0.443 e. The summed E-state index contributed by atoms with van der Waals surface area (Å²) in [7, 11) is 0. The van der Waals surface area contributed by atoms with Crippen LogP contribution in [-0.2, 0) is 9.53 Å². The molecule has 0 atom stereocenters. The van der Waals surface area contributed by atoms with Crippen molar-refractivity contribution in [2.75, 3.05) is 0 Å². The Bertz CT molecular complexity index is 707. The summed E-state index contributed by atoms with van der Waals surface area (Å²) < 4.78 is 12.0. The average molecular weight is 289 g/mol. The number of nitrogens with zero attached hydrogens (tertiary/aromatic N) is 1. The molecule has 1 aromatic carbocycles. The maximum absolute atomic E-state index is 12.3. The van der Waals surface area contributed by atoms with Crippen molar-refractivity contribution in [3.63, 3.8) is 0 Å². The van der Waals surface area contributed by atoms with E-state index < -0.39 is 11.7 Å². The Morgan fingerprint density at radius 2 is 1.81 bits per heavy atom. The second kappa shape index (κ2) is 5.24. The standard InChI is InChI=1S/C16H19NO4/c1-10-8-12-9-13(20-11(2)18)6-7-14(12)17(10)15(19)21-16(3,4)5/h6-9H,1-5H3. The molecular formula is C16H19NO4. The van der Waals surface area contributed by atoms with Crippen molar-refractivity contribution < 1.29 is 19.1 Å². The van der Waals surface area contributed by atoms with Gasteiger partial charge in [-0.25, -0.2) is 9.36 Å². The van der Waals surface area contributed by atoms with E-state index in [-0.39, 0.29) is 5.97 Å². The van der Waals surface area contributed by atoms with Gasteiger partial charge >= 0.3 is 12.1 Å². The quantitative estimate of drug-likeness (QED) is 0.594. The first-order valence-electron chi connectivity index (χ1n) is 6.71. The first kappa shape index (κ1) is 15.1. The van der Waals surface area contributed by atoms with E-state index in [1.165, 1.54) is 11.5 Å². The maximum Gasteiger partial charge on any atom is 0.419 e. The van der Waals surface area contributed by atoms with Crippen molar-refractivity contribution >= 4 is 23.0 Å². The molecule has 2 rings (SSSR count). The molecule has 0 N–H and O–H groups in total. The summed E-state index contributed by atoms with van der Waals surface area (Å²) in [5, 5.41) is 0.817. The lowest BCUT2D eigenvalue weighted by Gasteiger charge is -2.20. The molecule has 0 aliphatic heterocycles. The molecule has 0 radical (unpaired) electrons. The van der Waals surface area contributed by atoms with Crippen molar-refractivity contribution in [3.05, 3.63) is 30.0 Å². The molecule has 0 aliphatic carbocycles.